The topological polar surface area (TPSA) is 50.9 Å². The van der Waals surface area contributed by atoms with Gasteiger partial charge in [-0.05, 0) is 41.0 Å². The predicted molar refractivity (Wildman–Crippen MR) is 134 cm³/mol. The maximum absolute atomic E-state index is 12.2. The van der Waals surface area contributed by atoms with Gasteiger partial charge in [-0.2, -0.15) is 0 Å². The molecule has 0 fully saturated rings. The van der Waals surface area contributed by atoms with Crippen molar-refractivity contribution in [3.8, 4) is 11.1 Å². The van der Waals surface area contributed by atoms with Gasteiger partial charge in [0.2, 0.25) is 0 Å². The van der Waals surface area contributed by atoms with Gasteiger partial charge in [0.25, 0.3) is 0 Å². The Bertz CT molecular complexity index is 1470. The summed E-state index contributed by atoms with van der Waals surface area (Å²) in [4.78, 5) is 9.02. The quantitative estimate of drug-likeness (QED) is 0.277. The van der Waals surface area contributed by atoms with Crippen LogP contribution in [0.15, 0.2) is 85.2 Å². The summed E-state index contributed by atoms with van der Waals surface area (Å²) in [6, 6.07) is 22.2. The molecule has 0 radical (unpaired) electrons. The first-order valence-electron chi connectivity index (χ1n) is 10.2. The molecule has 5 rings (SSSR count). The normalized spacial score (nSPS) is 13.2. The second-order valence-electron chi connectivity index (χ2n) is 7.77. The monoisotopic (exact) mass is 493 g/mol. The Kier molecular flexibility index (Phi) is 5.63. The standard InChI is InChI=1S/C26H18Cl3N3O/c1-32-14-13-30-25(32)26(33,17-7-10-19(27)11-8-17)18-9-12-21-20(15-18)23(28)22(24(29)31-21)16-5-3-2-4-6-16/h2-15,33H,1H3. The molecule has 2 aromatic heterocycles. The van der Waals surface area contributed by atoms with Crippen LogP contribution < -0.4 is 0 Å². The molecular formula is C26H18Cl3N3O. The molecule has 2 heterocycles. The van der Waals surface area contributed by atoms with Gasteiger partial charge in [0.05, 0.1) is 10.5 Å². The molecule has 0 bridgehead atoms. The molecule has 0 saturated heterocycles. The van der Waals surface area contributed by atoms with Crippen molar-refractivity contribution in [2.24, 2.45) is 7.05 Å². The fourth-order valence-electron chi connectivity index (χ4n) is 4.10. The fourth-order valence-corrected chi connectivity index (χ4v) is 4.92. The van der Waals surface area contributed by atoms with Crippen LogP contribution in [0.4, 0.5) is 0 Å². The minimum absolute atomic E-state index is 0.323. The molecular weight excluding hydrogens is 477 g/mol. The molecule has 3 aromatic carbocycles. The number of aromatic nitrogens is 3. The molecule has 1 N–H and O–H groups in total. The Hall–Kier alpha value is -2.89. The second-order valence-corrected chi connectivity index (χ2v) is 8.94. The third-order valence-corrected chi connectivity index (χ3v) is 6.68. The van der Waals surface area contributed by atoms with Gasteiger partial charge in [0.1, 0.15) is 11.0 Å². The number of pyridine rings is 1. The molecule has 0 spiro atoms. The molecule has 0 saturated carbocycles. The number of imidazole rings is 1. The summed E-state index contributed by atoms with van der Waals surface area (Å²) < 4.78 is 1.79. The number of benzene rings is 3. The van der Waals surface area contributed by atoms with Gasteiger partial charge in [-0.3, -0.25) is 0 Å². The highest BCUT2D eigenvalue weighted by Crippen LogP contribution is 2.42. The van der Waals surface area contributed by atoms with E-state index in [-0.39, 0.29) is 0 Å². The van der Waals surface area contributed by atoms with Gasteiger partial charge < -0.3 is 9.67 Å². The van der Waals surface area contributed by atoms with E-state index in [4.69, 9.17) is 34.8 Å². The minimum Gasteiger partial charge on any atom is -0.373 e. The number of halogens is 3. The lowest BCUT2D eigenvalue weighted by atomic mass is 9.84. The number of hydrogen-bond acceptors (Lipinski definition) is 3. The van der Waals surface area contributed by atoms with E-state index in [2.05, 4.69) is 9.97 Å². The average Bonchev–Trinajstić information content (AvgIpc) is 3.26. The van der Waals surface area contributed by atoms with E-state index in [1.165, 1.54) is 0 Å². The van der Waals surface area contributed by atoms with E-state index in [0.717, 1.165) is 5.56 Å². The van der Waals surface area contributed by atoms with Crippen LogP contribution in [0.25, 0.3) is 22.0 Å². The molecule has 1 atom stereocenters. The molecule has 0 aliphatic heterocycles. The average molecular weight is 495 g/mol. The Balaban J connectivity index is 1.78. The Morgan fingerprint density at radius 1 is 0.879 bits per heavy atom. The first-order valence-corrected chi connectivity index (χ1v) is 11.3. The lowest BCUT2D eigenvalue weighted by molar-refractivity contribution is 0.112. The van der Waals surface area contributed by atoms with Crippen molar-refractivity contribution in [3.63, 3.8) is 0 Å². The van der Waals surface area contributed by atoms with E-state index >= 15 is 0 Å². The van der Waals surface area contributed by atoms with Crippen LogP contribution in [0.2, 0.25) is 15.2 Å². The summed E-state index contributed by atoms with van der Waals surface area (Å²) in [5.41, 5.74) is 1.82. The number of nitrogens with zero attached hydrogens (tertiary/aromatic N) is 3. The third-order valence-electron chi connectivity index (χ3n) is 5.76. The smallest absolute Gasteiger partial charge is 0.173 e. The summed E-state index contributed by atoms with van der Waals surface area (Å²) in [6.07, 6.45) is 3.44. The Labute approximate surface area is 206 Å². The summed E-state index contributed by atoms with van der Waals surface area (Å²) in [5.74, 6) is 0.463. The van der Waals surface area contributed by atoms with Crippen molar-refractivity contribution in [1.82, 2.24) is 14.5 Å². The summed E-state index contributed by atoms with van der Waals surface area (Å²) in [5, 5.41) is 14.2. The van der Waals surface area contributed by atoms with Crippen LogP contribution in [0.5, 0.6) is 0 Å². The maximum Gasteiger partial charge on any atom is 0.173 e. The van der Waals surface area contributed by atoms with Crippen LogP contribution in [-0.4, -0.2) is 19.6 Å². The van der Waals surface area contributed by atoms with Crippen molar-refractivity contribution in [2.75, 3.05) is 0 Å². The zero-order valence-corrected chi connectivity index (χ0v) is 19.8. The third kappa shape index (κ3) is 3.69. The van der Waals surface area contributed by atoms with Crippen molar-refractivity contribution in [2.45, 2.75) is 5.60 Å². The first kappa shape index (κ1) is 21.9. The molecule has 0 amide bonds. The van der Waals surface area contributed by atoms with Crippen LogP contribution >= 0.6 is 34.8 Å². The van der Waals surface area contributed by atoms with Crippen LogP contribution in [-0.2, 0) is 12.6 Å². The lowest BCUT2D eigenvalue weighted by Crippen LogP contribution is -2.32. The predicted octanol–water partition coefficient (Wildman–Crippen LogP) is 6.88. The highest BCUT2D eigenvalue weighted by molar-refractivity contribution is 6.42. The summed E-state index contributed by atoms with van der Waals surface area (Å²) >= 11 is 19.5. The summed E-state index contributed by atoms with van der Waals surface area (Å²) in [6.45, 7) is 0. The first-order chi connectivity index (χ1) is 15.9. The van der Waals surface area contributed by atoms with Gasteiger partial charge in [0.15, 0.2) is 5.60 Å². The highest BCUT2D eigenvalue weighted by Gasteiger charge is 2.38. The fraction of sp³-hybridized carbons (Fsp3) is 0.0769. The number of fused-ring (bicyclic) bond motifs is 1. The van der Waals surface area contributed by atoms with Gasteiger partial charge in [-0.1, -0.05) is 83.3 Å². The molecule has 0 aliphatic carbocycles. The molecule has 0 aliphatic rings. The molecule has 5 aromatic rings. The number of aliphatic hydroxyl groups is 1. The van der Waals surface area contributed by atoms with E-state index in [0.29, 0.717) is 48.6 Å². The van der Waals surface area contributed by atoms with Crippen molar-refractivity contribution in [1.29, 1.82) is 0 Å². The van der Waals surface area contributed by atoms with Gasteiger partial charge in [0, 0.05) is 35.4 Å². The highest BCUT2D eigenvalue weighted by atomic mass is 35.5. The largest absolute Gasteiger partial charge is 0.373 e. The molecule has 164 valence electrons. The zero-order chi connectivity index (χ0) is 23.2. The number of hydrogen-bond donors (Lipinski definition) is 1. The van der Waals surface area contributed by atoms with Crippen molar-refractivity contribution >= 4 is 45.7 Å². The summed E-state index contributed by atoms with van der Waals surface area (Å²) in [7, 11) is 1.84. The van der Waals surface area contributed by atoms with E-state index in [1.54, 1.807) is 47.3 Å². The van der Waals surface area contributed by atoms with Gasteiger partial charge in [-0.15, -0.1) is 0 Å². The van der Waals surface area contributed by atoms with Crippen molar-refractivity contribution in [3.05, 3.63) is 117 Å². The minimum atomic E-state index is -1.55. The zero-order valence-electron chi connectivity index (χ0n) is 17.5. The molecule has 7 heteroatoms. The van der Waals surface area contributed by atoms with E-state index in [1.807, 2.05) is 49.5 Å². The molecule has 4 nitrogen and oxygen atoms in total. The van der Waals surface area contributed by atoms with Crippen LogP contribution in [0.3, 0.4) is 0 Å². The molecule has 1 unspecified atom stereocenters. The van der Waals surface area contributed by atoms with Crippen LogP contribution in [0.1, 0.15) is 17.0 Å². The lowest BCUT2D eigenvalue weighted by Gasteiger charge is -2.29. The van der Waals surface area contributed by atoms with Gasteiger partial charge in [-0.25, -0.2) is 9.97 Å². The Morgan fingerprint density at radius 2 is 1.58 bits per heavy atom. The number of aryl methyl sites for hydroxylation is 1. The SMILES string of the molecule is Cn1ccnc1C(O)(c1ccc(Cl)cc1)c1ccc2nc(Cl)c(-c3ccccc3)c(Cl)c2c1. The maximum atomic E-state index is 12.2. The Morgan fingerprint density at radius 3 is 2.24 bits per heavy atom. The second kappa shape index (κ2) is 8.47. The number of rotatable bonds is 4. The van der Waals surface area contributed by atoms with E-state index < -0.39 is 5.60 Å². The van der Waals surface area contributed by atoms with Gasteiger partial charge >= 0.3 is 0 Å². The van der Waals surface area contributed by atoms with Crippen LogP contribution in [0, 0.1) is 0 Å². The van der Waals surface area contributed by atoms with Crippen molar-refractivity contribution < 1.29 is 5.11 Å². The molecule has 33 heavy (non-hydrogen) atoms. The van der Waals surface area contributed by atoms with E-state index in [9.17, 15) is 5.11 Å².